The number of fused-ring (bicyclic) bond motifs is 1. The Morgan fingerprint density at radius 2 is 1.97 bits per heavy atom. The number of nitrogens with one attached hydrogen (secondary N) is 2. The van der Waals surface area contributed by atoms with Crippen molar-refractivity contribution in [3.8, 4) is 11.3 Å². The van der Waals surface area contributed by atoms with Gasteiger partial charge in [0.05, 0.1) is 12.1 Å². The molecule has 0 saturated carbocycles. The number of nitrogens with zero attached hydrogens (tertiary/aromatic N) is 2. The number of anilines is 1. The highest BCUT2D eigenvalue weighted by Crippen LogP contribution is 2.24. The molecule has 0 aliphatic rings. The molecule has 0 atom stereocenters. The molecule has 0 bridgehead atoms. The smallest absolute Gasteiger partial charge is 0.251 e. The Hall–Kier alpha value is -3.52. The van der Waals surface area contributed by atoms with Crippen LogP contribution in [0.15, 0.2) is 60.1 Å². The SMILES string of the molecule is CNC(=O)c1cccc(NC(=O)Cc2csc3nc(-c4ccc(F)cc4)cn23)c1. The van der Waals surface area contributed by atoms with Crippen molar-refractivity contribution in [1.82, 2.24) is 14.7 Å². The number of thiazole rings is 1. The largest absolute Gasteiger partial charge is 0.355 e. The minimum absolute atomic E-state index is 0.156. The summed E-state index contributed by atoms with van der Waals surface area (Å²) in [5, 5.41) is 7.26. The van der Waals surface area contributed by atoms with E-state index in [0.717, 1.165) is 21.9 Å². The van der Waals surface area contributed by atoms with Gasteiger partial charge < -0.3 is 10.6 Å². The van der Waals surface area contributed by atoms with Gasteiger partial charge >= 0.3 is 0 Å². The fraction of sp³-hybridized carbons (Fsp3) is 0.0952. The number of amides is 2. The minimum atomic E-state index is -0.299. The van der Waals surface area contributed by atoms with Crippen LogP contribution in [0.3, 0.4) is 0 Å². The van der Waals surface area contributed by atoms with Gasteiger partial charge in [-0.2, -0.15) is 0 Å². The highest BCUT2D eigenvalue weighted by Gasteiger charge is 2.13. The summed E-state index contributed by atoms with van der Waals surface area (Å²) in [5.41, 5.74) is 3.35. The van der Waals surface area contributed by atoms with Crippen LogP contribution in [0, 0.1) is 5.82 Å². The zero-order valence-electron chi connectivity index (χ0n) is 15.5. The van der Waals surface area contributed by atoms with E-state index in [0.29, 0.717) is 11.3 Å². The second-order valence-corrected chi connectivity index (χ2v) is 7.23. The maximum Gasteiger partial charge on any atom is 0.251 e. The van der Waals surface area contributed by atoms with Crippen LogP contribution in [-0.2, 0) is 11.2 Å². The van der Waals surface area contributed by atoms with E-state index in [1.807, 2.05) is 16.0 Å². The Kier molecular flexibility index (Phi) is 5.09. The van der Waals surface area contributed by atoms with Crippen molar-refractivity contribution >= 4 is 33.8 Å². The van der Waals surface area contributed by atoms with Crippen molar-refractivity contribution in [3.63, 3.8) is 0 Å². The van der Waals surface area contributed by atoms with Gasteiger partial charge in [-0.15, -0.1) is 11.3 Å². The van der Waals surface area contributed by atoms with Crippen molar-refractivity contribution < 1.29 is 14.0 Å². The molecule has 0 aliphatic heterocycles. The molecule has 0 spiro atoms. The first kappa shape index (κ1) is 18.8. The van der Waals surface area contributed by atoms with E-state index in [9.17, 15) is 14.0 Å². The lowest BCUT2D eigenvalue weighted by Gasteiger charge is -2.07. The highest BCUT2D eigenvalue weighted by molar-refractivity contribution is 7.15. The average Bonchev–Trinajstić information content (AvgIpc) is 3.30. The fourth-order valence-corrected chi connectivity index (χ4v) is 3.84. The maximum absolute atomic E-state index is 13.1. The summed E-state index contributed by atoms with van der Waals surface area (Å²) in [4.78, 5) is 29.6. The molecule has 0 fully saturated rings. The molecule has 0 aliphatic carbocycles. The summed E-state index contributed by atoms with van der Waals surface area (Å²) >= 11 is 1.44. The fourth-order valence-electron chi connectivity index (χ4n) is 2.97. The molecule has 2 N–H and O–H groups in total. The lowest BCUT2D eigenvalue weighted by atomic mass is 10.2. The molecule has 29 heavy (non-hydrogen) atoms. The molecule has 2 aromatic carbocycles. The zero-order chi connectivity index (χ0) is 20.4. The number of carbonyl (C=O) groups is 2. The van der Waals surface area contributed by atoms with Crippen molar-refractivity contribution in [1.29, 1.82) is 0 Å². The van der Waals surface area contributed by atoms with Gasteiger partial charge in [0.15, 0.2) is 4.96 Å². The number of hydrogen-bond acceptors (Lipinski definition) is 4. The van der Waals surface area contributed by atoms with Gasteiger partial charge in [-0.3, -0.25) is 14.0 Å². The number of benzene rings is 2. The Balaban J connectivity index is 1.51. The molecule has 8 heteroatoms. The standard InChI is InChI=1S/C21H17FN4O2S/c1-23-20(28)14-3-2-4-16(9-14)24-19(27)10-17-12-29-21-25-18(11-26(17)21)13-5-7-15(22)8-6-13/h2-9,11-12H,10H2,1H3,(H,23,28)(H,24,27). The molecule has 0 unspecified atom stereocenters. The lowest BCUT2D eigenvalue weighted by molar-refractivity contribution is -0.115. The third kappa shape index (κ3) is 4.02. The lowest BCUT2D eigenvalue weighted by Crippen LogP contribution is -2.19. The molecule has 0 saturated heterocycles. The van der Waals surface area contributed by atoms with Crippen LogP contribution in [0.4, 0.5) is 10.1 Å². The summed E-state index contributed by atoms with van der Waals surface area (Å²) in [6.07, 6.45) is 2.00. The van der Waals surface area contributed by atoms with Crippen molar-refractivity contribution in [2.75, 3.05) is 12.4 Å². The highest BCUT2D eigenvalue weighted by atomic mass is 32.1. The third-order valence-electron chi connectivity index (χ3n) is 4.40. The van der Waals surface area contributed by atoms with Crippen LogP contribution in [0.2, 0.25) is 0 Å². The molecular weight excluding hydrogens is 391 g/mol. The molecule has 4 aromatic rings. The second-order valence-electron chi connectivity index (χ2n) is 6.40. The van der Waals surface area contributed by atoms with Crippen LogP contribution in [0.1, 0.15) is 16.1 Å². The van der Waals surface area contributed by atoms with Gasteiger partial charge in [-0.05, 0) is 42.5 Å². The monoisotopic (exact) mass is 408 g/mol. The van der Waals surface area contributed by atoms with E-state index in [1.165, 1.54) is 23.5 Å². The van der Waals surface area contributed by atoms with Crippen LogP contribution in [0.5, 0.6) is 0 Å². The van der Waals surface area contributed by atoms with Gasteiger partial charge in [-0.25, -0.2) is 9.37 Å². The summed E-state index contributed by atoms with van der Waals surface area (Å²) in [6, 6.07) is 12.9. The van der Waals surface area contributed by atoms with E-state index in [4.69, 9.17) is 0 Å². The van der Waals surface area contributed by atoms with E-state index in [1.54, 1.807) is 43.4 Å². The molecule has 2 aromatic heterocycles. The first-order chi connectivity index (χ1) is 14.0. The van der Waals surface area contributed by atoms with E-state index < -0.39 is 0 Å². The van der Waals surface area contributed by atoms with Gasteiger partial charge in [0.1, 0.15) is 5.82 Å². The Bertz CT molecular complexity index is 1200. The number of carbonyl (C=O) groups excluding carboxylic acids is 2. The summed E-state index contributed by atoms with van der Waals surface area (Å²) in [5.74, 6) is -0.712. The molecular formula is C21H17FN4O2S. The summed E-state index contributed by atoms with van der Waals surface area (Å²) < 4.78 is 15.0. The van der Waals surface area contributed by atoms with Crippen LogP contribution in [0.25, 0.3) is 16.2 Å². The van der Waals surface area contributed by atoms with Crippen molar-refractivity contribution in [2.24, 2.45) is 0 Å². The van der Waals surface area contributed by atoms with Crippen molar-refractivity contribution in [2.45, 2.75) is 6.42 Å². The number of rotatable bonds is 5. The predicted molar refractivity (Wildman–Crippen MR) is 111 cm³/mol. The minimum Gasteiger partial charge on any atom is -0.355 e. The Morgan fingerprint density at radius 3 is 2.72 bits per heavy atom. The number of aromatic nitrogens is 2. The van der Waals surface area contributed by atoms with Gasteiger partial charge in [0.2, 0.25) is 5.91 Å². The molecule has 0 radical (unpaired) electrons. The van der Waals surface area contributed by atoms with E-state index >= 15 is 0 Å². The van der Waals surface area contributed by atoms with Crippen LogP contribution >= 0.6 is 11.3 Å². The molecule has 4 rings (SSSR count). The number of halogens is 1. The maximum atomic E-state index is 13.1. The average molecular weight is 408 g/mol. The topological polar surface area (TPSA) is 75.5 Å². The molecule has 146 valence electrons. The predicted octanol–water partition coefficient (Wildman–Crippen LogP) is 3.74. The first-order valence-corrected chi connectivity index (χ1v) is 9.75. The number of imidazole rings is 1. The quantitative estimate of drug-likeness (QED) is 0.528. The van der Waals surface area contributed by atoms with Gasteiger partial charge in [-0.1, -0.05) is 6.07 Å². The first-order valence-electron chi connectivity index (χ1n) is 8.87. The summed E-state index contributed by atoms with van der Waals surface area (Å²) in [7, 11) is 1.56. The Morgan fingerprint density at radius 1 is 1.17 bits per heavy atom. The van der Waals surface area contributed by atoms with Crippen molar-refractivity contribution in [3.05, 3.63) is 77.2 Å². The number of hydrogen-bond donors (Lipinski definition) is 2. The van der Waals surface area contributed by atoms with Crippen LogP contribution < -0.4 is 10.6 Å². The Labute approximate surface area is 170 Å². The molecule has 2 amide bonds. The van der Waals surface area contributed by atoms with E-state index in [-0.39, 0.29) is 24.1 Å². The molecule has 2 heterocycles. The normalized spacial score (nSPS) is 10.8. The van der Waals surface area contributed by atoms with E-state index in [2.05, 4.69) is 15.6 Å². The van der Waals surface area contributed by atoms with Gasteiger partial charge in [0.25, 0.3) is 5.91 Å². The van der Waals surface area contributed by atoms with Gasteiger partial charge in [0, 0.05) is 41.1 Å². The second kappa shape index (κ2) is 7.84. The summed E-state index contributed by atoms with van der Waals surface area (Å²) in [6.45, 7) is 0. The third-order valence-corrected chi connectivity index (χ3v) is 5.29. The van der Waals surface area contributed by atoms with Crippen LogP contribution in [-0.4, -0.2) is 28.2 Å². The zero-order valence-corrected chi connectivity index (χ0v) is 16.3. The molecule has 6 nitrogen and oxygen atoms in total.